The number of anilines is 1. The van der Waals surface area contributed by atoms with Crippen molar-refractivity contribution in [2.45, 2.75) is 11.8 Å². The fourth-order valence-corrected chi connectivity index (χ4v) is 4.32. The Hall–Kier alpha value is -1.44. The topological polar surface area (TPSA) is 75.6 Å². The van der Waals surface area contributed by atoms with Crippen LogP contribution in [0.5, 0.6) is 11.5 Å². The highest BCUT2D eigenvalue weighted by molar-refractivity contribution is 9.10. The van der Waals surface area contributed by atoms with Crippen LogP contribution in [0.2, 0.25) is 5.02 Å². The van der Waals surface area contributed by atoms with E-state index in [0.717, 1.165) is 5.56 Å². The van der Waals surface area contributed by atoms with Crippen molar-refractivity contribution in [1.29, 1.82) is 0 Å². The molecule has 0 aliphatic rings. The smallest absolute Gasteiger partial charge is 0.265 e. The van der Waals surface area contributed by atoms with Crippen LogP contribution in [-0.4, -0.2) is 20.6 Å². The summed E-state index contributed by atoms with van der Waals surface area (Å²) < 4.78 is 32.9. The van der Waals surface area contributed by atoms with Crippen molar-refractivity contribution in [3.8, 4) is 11.5 Å². The average molecular weight is 407 g/mol. The van der Waals surface area contributed by atoms with E-state index < -0.39 is 10.0 Å². The number of nitrogens with one attached hydrogen (secondary N) is 1. The molecule has 0 fully saturated rings. The molecule has 0 spiro atoms. The van der Waals surface area contributed by atoms with E-state index in [0.29, 0.717) is 4.47 Å². The number of phenols is 1. The largest absolute Gasteiger partial charge is 0.506 e. The van der Waals surface area contributed by atoms with E-state index in [9.17, 15) is 13.5 Å². The summed E-state index contributed by atoms with van der Waals surface area (Å²) in [5, 5.41) is 10.1. The predicted molar refractivity (Wildman–Crippen MR) is 89.4 cm³/mol. The average Bonchev–Trinajstić information content (AvgIpc) is 2.41. The summed E-state index contributed by atoms with van der Waals surface area (Å²) in [6.07, 6.45) is 0. The molecule has 0 heterocycles. The summed E-state index contributed by atoms with van der Waals surface area (Å²) >= 11 is 9.12. The minimum absolute atomic E-state index is 0.0729. The molecule has 118 valence electrons. The molecule has 2 rings (SSSR count). The monoisotopic (exact) mass is 405 g/mol. The quantitative estimate of drug-likeness (QED) is 0.755. The first-order valence-corrected chi connectivity index (χ1v) is 8.75. The number of ether oxygens (including phenoxy) is 1. The molecule has 0 atom stereocenters. The molecule has 0 saturated heterocycles. The zero-order valence-electron chi connectivity index (χ0n) is 11.7. The van der Waals surface area contributed by atoms with Crippen molar-refractivity contribution in [2.75, 3.05) is 11.8 Å². The van der Waals surface area contributed by atoms with Gasteiger partial charge in [0.2, 0.25) is 0 Å². The first-order valence-electron chi connectivity index (χ1n) is 6.10. The van der Waals surface area contributed by atoms with Crippen molar-refractivity contribution >= 4 is 43.2 Å². The maximum atomic E-state index is 12.5. The van der Waals surface area contributed by atoms with Crippen LogP contribution >= 0.6 is 27.5 Å². The second-order valence-electron chi connectivity index (χ2n) is 4.55. The van der Waals surface area contributed by atoms with Crippen LogP contribution in [0.1, 0.15) is 5.56 Å². The molecule has 0 amide bonds. The van der Waals surface area contributed by atoms with Gasteiger partial charge in [0.1, 0.15) is 10.6 Å². The second-order valence-corrected chi connectivity index (χ2v) is 7.49. The normalized spacial score (nSPS) is 11.3. The molecular weight excluding hydrogens is 394 g/mol. The van der Waals surface area contributed by atoms with Crippen molar-refractivity contribution in [1.82, 2.24) is 0 Å². The Morgan fingerprint density at radius 2 is 1.95 bits per heavy atom. The molecule has 0 aromatic heterocycles. The predicted octanol–water partition coefficient (Wildman–Crippen LogP) is 3.93. The molecule has 0 bridgehead atoms. The van der Waals surface area contributed by atoms with E-state index in [1.54, 1.807) is 13.0 Å². The number of phenolic OH excluding ortho intramolecular Hbond substituents is 1. The number of rotatable bonds is 4. The van der Waals surface area contributed by atoms with Gasteiger partial charge < -0.3 is 9.84 Å². The van der Waals surface area contributed by atoms with Crippen molar-refractivity contribution in [3.05, 3.63) is 45.4 Å². The molecule has 8 heteroatoms. The van der Waals surface area contributed by atoms with Crippen LogP contribution < -0.4 is 9.46 Å². The third kappa shape index (κ3) is 3.48. The van der Waals surface area contributed by atoms with Crippen molar-refractivity contribution in [3.63, 3.8) is 0 Å². The van der Waals surface area contributed by atoms with Gasteiger partial charge in [-0.2, -0.15) is 0 Å². The summed E-state index contributed by atoms with van der Waals surface area (Å²) in [6.45, 7) is 1.79. The van der Waals surface area contributed by atoms with Gasteiger partial charge >= 0.3 is 0 Å². The van der Waals surface area contributed by atoms with Crippen LogP contribution in [0.4, 0.5) is 5.69 Å². The molecule has 2 N–H and O–H groups in total. The Bertz CT molecular complexity index is 824. The van der Waals surface area contributed by atoms with E-state index in [1.807, 2.05) is 0 Å². The van der Waals surface area contributed by atoms with Gasteiger partial charge in [-0.05, 0) is 52.7 Å². The number of halogens is 2. The maximum absolute atomic E-state index is 12.5. The van der Waals surface area contributed by atoms with E-state index in [1.165, 1.54) is 31.4 Å². The molecule has 0 aliphatic carbocycles. The minimum Gasteiger partial charge on any atom is -0.506 e. The van der Waals surface area contributed by atoms with Crippen LogP contribution in [0.15, 0.2) is 39.7 Å². The van der Waals surface area contributed by atoms with E-state index in [-0.39, 0.29) is 27.1 Å². The standard InChI is InChI=1S/C14H13BrClNO4S/c1-8-3-4-11(12(18)5-8)17-22(19,20)13-7-9(16)6-10(15)14(13)21-2/h3-7,17-18H,1-2H3. The van der Waals surface area contributed by atoms with Crippen LogP contribution in [0, 0.1) is 6.92 Å². The van der Waals surface area contributed by atoms with Gasteiger partial charge in [-0.3, -0.25) is 4.72 Å². The molecule has 0 saturated carbocycles. The van der Waals surface area contributed by atoms with Gasteiger partial charge in [-0.1, -0.05) is 17.7 Å². The fraction of sp³-hybridized carbons (Fsp3) is 0.143. The molecule has 0 unspecified atom stereocenters. The molecule has 0 radical (unpaired) electrons. The molecule has 0 aliphatic heterocycles. The van der Waals surface area contributed by atoms with Crippen LogP contribution in [0.25, 0.3) is 0 Å². The van der Waals surface area contributed by atoms with Gasteiger partial charge in [0, 0.05) is 5.02 Å². The maximum Gasteiger partial charge on any atom is 0.265 e. The number of aromatic hydroxyl groups is 1. The zero-order chi connectivity index (χ0) is 16.5. The molecule has 2 aromatic rings. The van der Waals surface area contributed by atoms with Crippen molar-refractivity contribution in [2.24, 2.45) is 0 Å². The third-order valence-corrected chi connectivity index (χ3v) is 5.04. The number of benzene rings is 2. The lowest BCUT2D eigenvalue weighted by molar-refractivity contribution is 0.400. The van der Waals surface area contributed by atoms with Gasteiger partial charge in [0.25, 0.3) is 10.0 Å². The highest BCUT2D eigenvalue weighted by Crippen LogP contribution is 2.37. The highest BCUT2D eigenvalue weighted by atomic mass is 79.9. The molecule has 22 heavy (non-hydrogen) atoms. The fourth-order valence-electron chi connectivity index (χ4n) is 1.86. The number of sulfonamides is 1. The van der Waals surface area contributed by atoms with Crippen LogP contribution in [0.3, 0.4) is 0 Å². The summed E-state index contributed by atoms with van der Waals surface area (Å²) in [6, 6.07) is 7.43. The number of aryl methyl sites for hydroxylation is 1. The summed E-state index contributed by atoms with van der Waals surface area (Å²) in [5.74, 6) is -0.0351. The zero-order valence-corrected chi connectivity index (χ0v) is 14.9. The number of hydrogen-bond acceptors (Lipinski definition) is 4. The number of hydrogen-bond donors (Lipinski definition) is 2. The summed E-state index contributed by atoms with van der Waals surface area (Å²) in [7, 11) is -2.63. The van der Waals surface area contributed by atoms with Gasteiger partial charge in [-0.15, -0.1) is 0 Å². The molecule has 2 aromatic carbocycles. The SMILES string of the molecule is COc1c(Br)cc(Cl)cc1S(=O)(=O)Nc1ccc(C)cc1O. The first-order chi connectivity index (χ1) is 10.2. The van der Waals surface area contributed by atoms with E-state index in [2.05, 4.69) is 20.7 Å². The Kier molecular flexibility index (Phi) is 4.89. The van der Waals surface area contributed by atoms with E-state index >= 15 is 0 Å². The van der Waals surface area contributed by atoms with Crippen LogP contribution in [-0.2, 0) is 10.0 Å². The molecular formula is C14H13BrClNO4S. The third-order valence-electron chi connectivity index (χ3n) is 2.87. The Morgan fingerprint density at radius 1 is 1.27 bits per heavy atom. The van der Waals surface area contributed by atoms with Gasteiger partial charge in [-0.25, -0.2) is 8.42 Å². The van der Waals surface area contributed by atoms with Crippen molar-refractivity contribution < 1.29 is 18.3 Å². The Labute approximate surface area is 142 Å². The molecule has 5 nitrogen and oxygen atoms in total. The summed E-state index contributed by atoms with van der Waals surface area (Å²) in [5.41, 5.74) is 0.882. The van der Waals surface area contributed by atoms with Gasteiger partial charge in [0.15, 0.2) is 5.75 Å². The lowest BCUT2D eigenvalue weighted by atomic mass is 10.2. The Balaban J connectivity index is 2.51. The lowest BCUT2D eigenvalue weighted by Gasteiger charge is -2.14. The lowest BCUT2D eigenvalue weighted by Crippen LogP contribution is -2.14. The van der Waals surface area contributed by atoms with E-state index in [4.69, 9.17) is 16.3 Å². The second kappa shape index (κ2) is 6.36. The highest BCUT2D eigenvalue weighted by Gasteiger charge is 2.23. The van der Waals surface area contributed by atoms with Gasteiger partial charge in [0.05, 0.1) is 17.3 Å². The Morgan fingerprint density at radius 3 is 2.55 bits per heavy atom. The first kappa shape index (κ1) is 16.9. The minimum atomic E-state index is -3.99. The number of methoxy groups -OCH3 is 1. The summed E-state index contributed by atoms with van der Waals surface area (Å²) in [4.78, 5) is -0.130.